The summed E-state index contributed by atoms with van der Waals surface area (Å²) in [5.41, 5.74) is 3.52. The quantitative estimate of drug-likeness (QED) is 0.509. The van der Waals surface area contributed by atoms with E-state index in [-0.39, 0.29) is 11.3 Å². The van der Waals surface area contributed by atoms with E-state index in [1.54, 1.807) is 12.1 Å². The van der Waals surface area contributed by atoms with Crippen LogP contribution in [0.15, 0.2) is 54.1 Å². The third-order valence-electron chi connectivity index (χ3n) is 4.01. The maximum Gasteiger partial charge on any atom is 0.293 e. The van der Waals surface area contributed by atoms with Crippen LogP contribution in [0.5, 0.6) is 0 Å². The van der Waals surface area contributed by atoms with Gasteiger partial charge in [-0.25, -0.2) is 0 Å². The summed E-state index contributed by atoms with van der Waals surface area (Å²) in [7, 11) is 0. The van der Waals surface area contributed by atoms with E-state index in [0.717, 1.165) is 16.7 Å². The van der Waals surface area contributed by atoms with E-state index in [4.69, 9.17) is 0 Å². The topological polar surface area (TPSA) is 66.4 Å². The number of benzene rings is 2. The average Bonchev–Trinajstić information content (AvgIpc) is 2.84. The number of hydrogen-bond donors (Lipinski definition) is 2. The van der Waals surface area contributed by atoms with E-state index in [9.17, 15) is 14.7 Å². The fourth-order valence-corrected chi connectivity index (χ4v) is 2.64. The first-order chi connectivity index (χ1) is 11.0. The van der Waals surface area contributed by atoms with Crippen LogP contribution in [0.1, 0.15) is 28.3 Å². The third-order valence-corrected chi connectivity index (χ3v) is 4.01. The van der Waals surface area contributed by atoms with Crippen LogP contribution in [0.25, 0.3) is 5.76 Å². The van der Waals surface area contributed by atoms with Crippen molar-refractivity contribution in [1.82, 2.24) is 5.32 Å². The number of hydrogen-bond acceptors (Lipinski definition) is 3. The zero-order chi connectivity index (χ0) is 16.6. The number of amides is 1. The SMILES string of the molecule is Cc1ccc(/C(O)=C2\C(=O)C(=O)N[C@@H]2c2ccc(C)cc2)cc1. The minimum absolute atomic E-state index is 0.0997. The molecule has 2 aromatic carbocycles. The predicted molar refractivity (Wildman–Crippen MR) is 87.8 cm³/mol. The Morgan fingerprint density at radius 3 is 2.00 bits per heavy atom. The summed E-state index contributed by atoms with van der Waals surface area (Å²) < 4.78 is 0. The van der Waals surface area contributed by atoms with Gasteiger partial charge in [-0.1, -0.05) is 59.7 Å². The Labute approximate surface area is 134 Å². The maximum atomic E-state index is 12.2. The molecular weight excluding hydrogens is 290 g/mol. The minimum Gasteiger partial charge on any atom is -0.507 e. The van der Waals surface area contributed by atoms with Crippen LogP contribution in [0, 0.1) is 13.8 Å². The number of aliphatic hydroxyl groups excluding tert-OH is 1. The number of rotatable bonds is 2. The number of Topliss-reactive ketones (excluding diaryl/α,β-unsaturated/α-hetero) is 1. The number of carbonyl (C=O) groups excluding carboxylic acids is 2. The minimum atomic E-state index is -0.691. The van der Waals surface area contributed by atoms with Crippen LogP contribution in [0.2, 0.25) is 0 Å². The van der Waals surface area contributed by atoms with E-state index < -0.39 is 17.7 Å². The van der Waals surface area contributed by atoms with Gasteiger partial charge in [0.15, 0.2) is 0 Å². The standard InChI is InChI=1S/C19H17NO3/c1-11-3-7-13(8-4-11)16-15(18(22)19(23)20-16)17(21)14-9-5-12(2)6-10-14/h3-10,16,21H,1-2H3,(H,20,23)/b17-15+/t16-/m1/s1. The van der Waals surface area contributed by atoms with E-state index in [1.165, 1.54) is 0 Å². The zero-order valence-electron chi connectivity index (χ0n) is 13.0. The summed E-state index contributed by atoms with van der Waals surface area (Å²) in [6.07, 6.45) is 0. The summed E-state index contributed by atoms with van der Waals surface area (Å²) in [6.45, 7) is 3.90. The third kappa shape index (κ3) is 2.75. The molecule has 0 saturated carbocycles. The molecule has 1 fully saturated rings. The molecule has 0 unspecified atom stereocenters. The van der Waals surface area contributed by atoms with Crippen LogP contribution < -0.4 is 5.32 Å². The summed E-state index contributed by atoms with van der Waals surface area (Å²) in [6, 6.07) is 14.1. The Morgan fingerprint density at radius 2 is 1.43 bits per heavy atom. The van der Waals surface area contributed by atoms with Crippen molar-refractivity contribution in [3.8, 4) is 0 Å². The van der Waals surface area contributed by atoms with E-state index in [2.05, 4.69) is 5.32 Å². The second-order valence-electron chi connectivity index (χ2n) is 5.77. The van der Waals surface area contributed by atoms with Gasteiger partial charge in [-0.15, -0.1) is 0 Å². The van der Waals surface area contributed by atoms with Crippen molar-refractivity contribution in [2.75, 3.05) is 0 Å². The highest BCUT2D eigenvalue weighted by Crippen LogP contribution is 2.32. The smallest absolute Gasteiger partial charge is 0.293 e. The lowest BCUT2D eigenvalue weighted by molar-refractivity contribution is -0.133. The molecule has 0 aromatic heterocycles. The molecule has 2 N–H and O–H groups in total. The van der Waals surface area contributed by atoms with Gasteiger partial charge >= 0.3 is 0 Å². The van der Waals surface area contributed by atoms with Crippen molar-refractivity contribution in [3.63, 3.8) is 0 Å². The second-order valence-corrected chi connectivity index (χ2v) is 5.77. The van der Waals surface area contributed by atoms with Crippen LogP contribution in [-0.4, -0.2) is 16.8 Å². The molecule has 0 bridgehead atoms. The molecule has 1 heterocycles. The Kier molecular flexibility index (Phi) is 3.74. The first-order valence-corrected chi connectivity index (χ1v) is 7.39. The van der Waals surface area contributed by atoms with Crippen LogP contribution in [0.3, 0.4) is 0 Å². The Hall–Kier alpha value is -2.88. The van der Waals surface area contributed by atoms with Crippen molar-refractivity contribution < 1.29 is 14.7 Å². The Balaban J connectivity index is 2.10. The molecule has 2 aromatic rings. The first kappa shape index (κ1) is 15.0. The summed E-state index contributed by atoms with van der Waals surface area (Å²) in [5.74, 6) is -1.53. The molecule has 0 spiro atoms. The average molecular weight is 307 g/mol. The molecule has 1 amide bonds. The molecule has 23 heavy (non-hydrogen) atoms. The maximum absolute atomic E-state index is 12.2. The summed E-state index contributed by atoms with van der Waals surface area (Å²) in [4.78, 5) is 24.0. The van der Waals surface area contributed by atoms with Gasteiger partial charge in [0.25, 0.3) is 11.7 Å². The number of nitrogens with one attached hydrogen (secondary N) is 1. The molecule has 3 rings (SSSR count). The molecule has 116 valence electrons. The molecule has 1 aliphatic heterocycles. The molecule has 4 nitrogen and oxygen atoms in total. The van der Waals surface area contributed by atoms with Gasteiger partial charge in [-0.05, 0) is 19.4 Å². The van der Waals surface area contributed by atoms with Crippen molar-refractivity contribution in [1.29, 1.82) is 0 Å². The predicted octanol–water partition coefficient (Wildman–Crippen LogP) is 3.01. The molecule has 4 heteroatoms. The van der Waals surface area contributed by atoms with Crippen molar-refractivity contribution in [2.45, 2.75) is 19.9 Å². The number of ketones is 1. The molecule has 0 aliphatic carbocycles. The molecular formula is C19H17NO3. The van der Waals surface area contributed by atoms with Gasteiger partial charge in [-0.3, -0.25) is 9.59 Å². The number of carbonyl (C=O) groups is 2. The summed E-state index contributed by atoms with van der Waals surface area (Å²) in [5, 5.41) is 13.2. The highest BCUT2D eigenvalue weighted by Gasteiger charge is 2.39. The van der Waals surface area contributed by atoms with Crippen molar-refractivity contribution >= 4 is 17.4 Å². The lowest BCUT2D eigenvalue weighted by Crippen LogP contribution is -2.21. The zero-order valence-corrected chi connectivity index (χ0v) is 13.0. The summed E-state index contributed by atoms with van der Waals surface area (Å²) >= 11 is 0. The van der Waals surface area contributed by atoms with E-state index in [1.807, 2.05) is 50.2 Å². The van der Waals surface area contributed by atoms with Crippen LogP contribution in [-0.2, 0) is 9.59 Å². The van der Waals surface area contributed by atoms with Crippen LogP contribution >= 0.6 is 0 Å². The lowest BCUT2D eigenvalue weighted by Gasteiger charge is -2.14. The Bertz CT molecular complexity index is 802. The Morgan fingerprint density at radius 1 is 0.913 bits per heavy atom. The fourth-order valence-electron chi connectivity index (χ4n) is 2.64. The fraction of sp³-hybridized carbons (Fsp3) is 0.158. The highest BCUT2D eigenvalue weighted by molar-refractivity contribution is 6.46. The second kappa shape index (κ2) is 5.72. The lowest BCUT2D eigenvalue weighted by atomic mass is 9.95. The molecule has 1 saturated heterocycles. The van der Waals surface area contributed by atoms with Gasteiger partial charge in [0.05, 0.1) is 11.6 Å². The largest absolute Gasteiger partial charge is 0.507 e. The highest BCUT2D eigenvalue weighted by atomic mass is 16.3. The normalized spacial score (nSPS) is 19.7. The molecule has 1 aliphatic rings. The van der Waals surface area contributed by atoms with Crippen molar-refractivity contribution in [2.24, 2.45) is 0 Å². The monoisotopic (exact) mass is 307 g/mol. The first-order valence-electron chi connectivity index (χ1n) is 7.39. The number of aliphatic hydroxyl groups is 1. The van der Waals surface area contributed by atoms with E-state index in [0.29, 0.717) is 5.56 Å². The van der Waals surface area contributed by atoms with E-state index >= 15 is 0 Å². The molecule has 1 atom stereocenters. The van der Waals surface area contributed by atoms with Crippen molar-refractivity contribution in [3.05, 3.63) is 76.4 Å². The van der Waals surface area contributed by atoms with Gasteiger partial charge in [0, 0.05) is 5.56 Å². The van der Waals surface area contributed by atoms with Gasteiger partial charge in [0.2, 0.25) is 0 Å². The molecule has 0 radical (unpaired) electrons. The van der Waals surface area contributed by atoms with Crippen LogP contribution in [0.4, 0.5) is 0 Å². The van der Waals surface area contributed by atoms with Gasteiger partial charge in [-0.2, -0.15) is 0 Å². The number of aryl methyl sites for hydroxylation is 2. The van der Waals surface area contributed by atoms with Gasteiger partial charge in [0.1, 0.15) is 5.76 Å². The van der Waals surface area contributed by atoms with Gasteiger partial charge < -0.3 is 10.4 Å².